The van der Waals surface area contributed by atoms with Crippen LogP contribution < -0.4 is 4.74 Å². The maximum Gasteiger partial charge on any atom is 0.119 e. The standard InChI is InChI=1S/C24H25ClO3/c25-15-14-23(18-4-2-1-3-5-18)24(19-6-10-21(27)11-7-19)20-8-12-22(13-9-20)28-17-16-26/h1-6,8-13,19,26-27H,7,14-17H2/b24-23-. The van der Waals surface area contributed by atoms with E-state index < -0.39 is 0 Å². The molecule has 1 aliphatic carbocycles. The Hall–Kier alpha value is -2.49. The number of hydrogen-bond acceptors (Lipinski definition) is 3. The van der Waals surface area contributed by atoms with Crippen LogP contribution in [-0.4, -0.2) is 29.3 Å². The molecule has 4 heteroatoms. The quantitative estimate of drug-likeness (QED) is 0.450. The molecule has 0 spiro atoms. The van der Waals surface area contributed by atoms with Crippen LogP contribution in [0.4, 0.5) is 0 Å². The second-order valence-corrected chi connectivity index (χ2v) is 7.00. The molecule has 0 aliphatic heterocycles. The molecular weight excluding hydrogens is 372 g/mol. The van der Waals surface area contributed by atoms with Crippen LogP contribution in [0.3, 0.4) is 0 Å². The van der Waals surface area contributed by atoms with Crippen molar-refractivity contribution in [3.63, 3.8) is 0 Å². The van der Waals surface area contributed by atoms with Gasteiger partial charge in [-0.25, -0.2) is 0 Å². The fraction of sp³-hybridized carbons (Fsp3) is 0.250. The molecular formula is C24H25ClO3. The predicted octanol–water partition coefficient (Wildman–Crippen LogP) is 5.62. The predicted molar refractivity (Wildman–Crippen MR) is 116 cm³/mol. The van der Waals surface area contributed by atoms with Crippen molar-refractivity contribution in [2.45, 2.75) is 12.8 Å². The molecule has 0 fully saturated rings. The van der Waals surface area contributed by atoms with Crippen LogP contribution in [0.1, 0.15) is 24.0 Å². The van der Waals surface area contributed by atoms with Gasteiger partial charge in [0.2, 0.25) is 0 Å². The van der Waals surface area contributed by atoms with Gasteiger partial charge in [-0.2, -0.15) is 0 Å². The summed E-state index contributed by atoms with van der Waals surface area (Å²) in [5.74, 6) is 1.72. The minimum Gasteiger partial charge on any atom is -0.508 e. The van der Waals surface area contributed by atoms with E-state index in [9.17, 15) is 5.11 Å². The molecule has 1 aliphatic rings. The summed E-state index contributed by atoms with van der Waals surface area (Å²) in [7, 11) is 0. The zero-order valence-electron chi connectivity index (χ0n) is 15.7. The summed E-state index contributed by atoms with van der Waals surface area (Å²) < 4.78 is 5.50. The molecule has 2 aromatic carbocycles. The smallest absolute Gasteiger partial charge is 0.119 e. The van der Waals surface area contributed by atoms with E-state index in [1.54, 1.807) is 6.08 Å². The van der Waals surface area contributed by atoms with Gasteiger partial charge in [0.05, 0.1) is 6.61 Å². The molecule has 0 heterocycles. The molecule has 2 N–H and O–H groups in total. The van der Waals surface area contributed by atoms with Gasteiger partial charge in [-0.3, -0.25) is 0 Å². The maximum absolute atomic E-state index is 9.76. The molecule has 1 unspecified atom stereocenters. The lowest BCUT2D eigenvalue weighted by Gasteiger charge is -2.24. The number of aliphatic hydroxyl groups is 2. The fourth-order valence-corrected chi connectivity index (χ4v) is 3.69. The third kappa shape index (κ3) is 5.06. The molecule has 0 aromatic heterocycles. The number of rotatable bonds is 8. The average Bonchev–Trinajstić information content (AvgIpc) is 2.74. The molecule has 0 bridgehead atoms. The van der Waals surface area contributed by atoms with Gasteiger partial charge in [0.15, 0.2) is 0 Å². The van der Waals surface area contributed by atoms with E-state index in [2.05, 4.69) is 18.2 Å². The van der Waals surface area contributed by atoms with Crippen molar-refractivity contribution in [3.8, 4) is 5.75 Å². The lowest BCUT2D eigenvalue weighted by atomic mass is 9.81. The number of halogens is 1. The SMILES string of the molecule is OCCOc1ccc(/C(=C(/CCCl)c2ccccc2)C2C=CC(O)=CC2)cc1. The van der Waals surface area contributed by atoms with Gasteiger partial charge < -0.3 is 14.9 Å². The van der Waals surface area contributed by atoms with Crippen molar-refractivity contribution >= 4 is 22.7 Å². The van der Waals surface area contributed by atoms with Crippen LogP contribution in [0.15, 0.2) is 78.6 Å². The van der Waals surface area contributed by atoms with Gasteiger partial charge in [0, 0.05) is 11.8 Å². The molecule has 0 amide bonds. The van der Waals surface area contributed by atoms with Crippen LogP contribution in [0.25, 0.3) is 11.1 Å². The third-order valence-corrected chi connectivity index (χ3v) is 4.96. The number of allylic oxidation sites excluding steroid dienone is 5. The largest absolute Gasteiger partial charge is 0.508 e. The Bertz CT molecular complexity index is 851. The number of alkyl halides is 1. The normalized spacial score (nSPS) is 17.1. The van der Waals surface area contributed by atoms with E-state index in [0.29, 0.717) is 11.6 Å². The minimum absolute atomic E-state index is 0.0104. The summed E-state index contributed by atoms with van der Waals surface area (Å²) in [5.41, 5.74) is 4.68. The lowest BCUT2D eigenvalue weighted by Crippen LogP contribution is -2.07. The third-order valence-electron chi connectivity index (χ3n) is 4.77. The summed E-state index contributed by atoms with van der Waals surface area (Å²) in [6.07, 6.45) is 7.16. The highest BCUT2D eigenvalue weighted by Crippen LogP contribution is 2.39. The summed E-state index contributed by atoms with van der Waals surface area (Å²) in [6.45, 7) is 0.266. The summed E-state index contributed by atoms with van der Waals surface area (Å²) >= 11 is 6.17. The van der Waals surface area contributed by atoms with Crippen LogP contribution in [0.2, 0.25) is 0 Å². The molecule has 0 radical (unpaired) electrons. The molecule has 3 nitrogen and oxygen atoms in total. The van der Waals surface area contributed by atoms with Gasteiger partial charge in [-0.1, -0.05) is 48.5 Å². The van der Waals surface area contributed by atoms with E-state index in [-0.39, 0.29) is 19.1 Å². The van der Waals surface area contributed by atoms with Crippen molar-refractivity contribution in [1.29, 1.82) is 0 Å². The number of hydrogen-bond donors (Lipinski definition) is 2. The highest BCUT2D eigenvalue weighted by atomic mass is 35.5. The van der Waals surface area contributed by atoms with Gasteiger partial charge in [0.1, 0.15) is 18.1 Å². The minimum atomic E-state index is -0.0104. The lowest BCUT2D eigenvalue weighted by molar-refractivity contribution is 0.201. The highest BCUT2D eigenvalue weighted by Gasteiger charge is 2.20. The molecule has 146 valence electrons. The Labute approximate surface area is 171 Å². The first kappa shape index (κ1) is 20.2. The van der Waals surface area contributed by atoms with Crippen molar-refractivity contribution in [1.82, 2.24) is 0 Å². The van der Waals surface area contributed by atoms with E-state index in [1.807, 2.05) is 48.5 Å². The summed E-state index contributed by atoms with van der Waals surface area (Å²) in [6, 6.07) is 18.3. The van der Waals surface area contributed by atoms with E-state index >= 15 is 0 Å². The first-order chi connectivity index (χ1) is 13.7. The van der Waals surface area contributed by atoms with Crippen LogP contribution in [0.5, 0.6) is 5.75 Å². The second kappa shape index (κ2) is 10.2. The van der Waals surface area contributed by atoms with Crippen LogP contribution in [-0.2, 0) is 0 Å². The Balaban J connectivity index is 2.07. The Morgan fingerprint density at radius 2 is 1.79 bits per heavy atom. The Morgan fingerprint density at radius 1 is 1.04 bits per heavy atom. The zero-order chi connectivity index (χ0) is 19.8. The van der Waals surface area contributed by atoms with Crippen molar-refractivity contribution in [2.24, 2.45) is 5.92 Å². The Morgan fingerprint density at radius 3 is 2.39 bits per heavy atom. The van der Waals surface area contributed by atoms with Gasteiger partial charge >= 0.3 is 0 Å². The molecule has 28 heavy (non-hydrogen) atoms. The molecule has 0 saturated carbocycles. The topological polar surface area (TPSA) is 49.7 Å². The van der Waals surface area contributed by atoms with Gasteiger partial charge in [-0.05, 0) is 59.4 Å². The average molecular weight is 397 g/mol. The van der Waals surface area contributed by atoms with Crippen molar-refractivity contribution in [3.05, 3.63) is 89.7 Å². The Kier molecular flexibility index (Phi) is 7.35. The molecule has 2 aromatic rings. The number of benzene rings is 2. The van der Waals surface area contributed by atoms with E-state index in [4.69, 9.17) is 21.4 Å². The first-order valence-corrected chi connectivity index (χ1v) is 10.0. The monoisotopic (exact) mass is 396 g/mol. The first-order valence-electron chi connectivity index (χ1n) is 9.48. The summed E-state index contributed by atoms with van der Waals surface area (Å²) in [4.78, 5) is 0. The fourth-order valence-electron chi connectivity index (χ4n) is 3.50. The summed E-state index contributed by atoms with van der Waals surface area (Å²) in [5, 5.41) is 18.7. The van der Waals surface area contributed by atoms with Crippen molar-refractivity contribution < 1.29 is 14.9 Å². The second-order valence-electron chi connectivity index (χ2n) is 6.62. The zero-order valence-corrected chi connectivity index (χ0v) is 16.5. The van der Waals surface area contributed by atoms with Gasteiger partial charge in [0.25, 0.3) is 0 Å². The van der Waals surface area contributed by atoms with E-state index in [0.717, 1.165) is 29.7 Å². The highest BCUT2D eigenvalue weighted by molar-refractivity contribution is 6.18. The van der Waals surface area contributed by atoms with Crippen LogP contribution >= 0.6 is 11.6 Å². The molecule has 3 rings (SSSR count). The van der Waals surface area contributed by atoms with Gasteiger partial charge in [-0.15, -0.1) is 11.6 Å². The van der Waals surface area contributed by atoms with Crippen molar-refractivity contribution in [2.75, 3.05) is 19.1 Å². The number of aliphatic hydroxyl groups excluding tert-OH is 2. The number of ether oxygens (including phenoxy) is 1. The van der Waals surface area contributed by atoms with Crippen LogP contribution in [0, 0.1) is 5.92 Å². The van der Waals surface area contributed by atoms with E-state index in [1.165, 1.54) is 11.1 Å². The molecule has 1 atom stereocenters. The molecule has 0 saturated heterocycles. The maximum atomic E-state index is 9.76.